The summed E-state index contributed by atoms with van der Waals surface area (Å²) in [6.07, 6.45) is 2.83. The predicted octanol–water partition coefficient (Wildman–Crippen LogP) is 4.91. The summed E-state index contributed by atoms with van der Waals surface area (Å²) in [4.78, 5) is 12.3. The van der Waals surface area contributed by atoms with Gasteiger partial charge in [-0.25, -0.2) is 0 Å². The molecule has 0 spiro atoms. The first kappa shape index (κ1) is 15.7. The monoisotopic (exact) mass is 375 g/mol. The number of benzene rings is 1. The Morgan fingerprint density at radius 2 is 1.72 bits per heavy atom. The second-order valence-corrected chi connectivity index (χ2v) is 6.19. The summed E-state index contributed by atoms with van der Waals surface area (Å²) in [5.74, 6) is -0.0140. The zero-order valence-corrected chi connectivity index (χ0v) is 14.2. The normalized spacial score (nSPS) is 11.4. The second kappa shape index (κ2) is 6.71. The van der Waals surface area contributed by atoms with E-state index in [2.05, 4.69) is 57.9 Å². The zero-order chi connectivity index (χ0) is 13.8. The lowest BCUT2D eigenvalue weighted by atomic mass is 9.89. The zero-order valence-electron chi connectivity index (χ0n) is 11.0. The summed E-state index contributed by atoms with van der Waals surface area (Å²) in [7, 11) is 0. The van der Waals surface area contributed by atoms with Crippen molar-refractivity contribution >= 4 is 37.8 Å². The van der Waals surface area contributed by atoms with Crippen molar-refractivity contribution in [2.45, 2.75) is 45.6 Å². The average Bonchev–Trinajstić information content (AvgIpc) is 2.36. The van der Waals surface area contributed by atoms with Gasteiger partial charge in [0.2, 0.25) is 0 Å². The Labute approximate surface area is 126 Å². The molecule has 1 amide bonds. The lowest BCUT2D eigenvalue weighted by molar-refractivity contribution is 0.0887. The van der Waals surface area contributed by atoms with E-state index in [0.29, 0.717) is 5.56 Å². The lowest BCUT2D eigenvalue weighted by Gasteiger charge is -2.32. The largest absolute Gasteiger partial charge is 0.347 e. The molecular formula is C14H19Br2NO. The Kier molecular flexibility index (Phi) is 5.86. The molecule has 0 heterocycles. The van der Waals surface area contributed by atoms with Gasteiger partial charge in [0, 0.05) is 14.5 Å². The third-order valence-corrected chi connectivity index (χ3v) is 4.73. The first-order chi connectivity index (χ1) is 8.48. The van der Waals surface area contributed by atoms with E-state index in [4.69, 9.17) is 0 Å². The van der Waals surface area contributed by atoms with Gasteiger partial charge in [0.15, 0.2) is 0 Å². The highest BCUT2D eigenvalue weighted by atomic mass is 79.9. The molecule has 0 atom stereocenters. The van der Waals surface area contributed by atoms with Crippen molar-refractivity contribution < 1.29 is 4.79 Å². The third-order valence-electron chi connectivity index (χ3n) is 3.58. The van der Waals surface area contributed by atoms with Gasteiger partial charge in [0.1, 0.15) is 0 Å². The molecule has 0 radical (unpaired) electrons. The molecule has 0 aliphatic rings. The van der Waals surface area contributed by atoms with E-state index in [-0.39, 0.29) is 11.4 Å². The van der Waals surface area contributed by atoms with Crippen LogP contribution in [-0.2, 0) is 0 Å². The summed E-state index contributed by atoms with van der Waals surface area (Å²) < 4.78 is 1.77. The Hall–Kier alpha value is -0.350. The van der Waals surface area contributed by atoms with Crippen molar-refractivity contribution in [2.24, 2.45) is 0 Å². The predicted molar refractivity (Wildman–Crippen MR) is 82.9 cm³/mol. The smallest absolute Gasteiger partial charge is 0.252 e. The Morgan fingerprint density at radius 3 is 2.17 bits per heavy atom. The van der Waals surface area contributed by atoms with Crippen molar-refractivity contribution in [3.8, 4) is 0 Å². The number of amides is 1. The first-order valence-corrected chi connectivity index (χ1v) is 7.84. The van der Waals surface area contributed by atoms with E-state index < -0.39 is 0 Å². The molecule has 0 saturated carbocycles. The van der Waals surface area contributed by atoms with Gasteiger partial charge in [-0.15, -0.1) is 0 Å². The molecule has 0 aromatic heterocycles. The number of carbonyl (C=O) groups is 1. The van der Waals surface area contributed by atoms with Gasteiger partial charge >= 0.3 is 0 Å². The van der Waals surface area contributed by atoms with Crippen LogP contribution in [0.1, 0.15) is 50.4 Å². The molecule has 1 aromatic rings. The Balaban J connectivity index is 2.94. The second-order valence-electron chi connectivity index (χ2n) is 4.42. The maximum absolute atomic E-state index is 12.3. The highest BCUT2D eigenvalue weighted by molar-refractivity contribution is 9.11. The van der Waals surface area contributed by atoms with Crippen LogP contribution in [0.3, 0.4) is 0 Å². The van der Waals surface area contributed by atoms with E-state index in [1.165, 1.54) is 0 Å². The van der Waals surface area contributed by atoms with E-state index in [1.54, 1.807) is 0 Å². The van der Waals surface area contributed by atoms with Crippen LogP contribution in [0, 0.1) is 0 Å². The van der Waals surface area contributed by atoms with Gasteiger partial charge in [-0.2, -0.15) is 0 Å². The molecule has 100 valence electrons. The van der Waals surface area contributed by atoms with Crippen LogP contribution in [0.2, 0.25) is 0 Å². The highest BCUT2D eigenvalue weighted by Crippen LogP contribution is 2.24. The molecule has 1 rings (SSSR count). The Bertz CT molecular complexity index is 420. The van der Waals surface area contributed by atoms with Crippen molar-refractivity contribution in [2.75, 3.05) is 0 Å². The number of hydrogen-bond donors (Lipinski definition) is 1. The molecular weight excluding hydrogens is 358 g/mol. The average molecular weight is 377 g/mol. The molecule has 18 heavy (non-hydrogen) atoms. The van der Waals surface area contributed by atoms with Crippen LogP contribution in [0.25, 0.3) is 0 Å². The van der Waals surface area contributed by atoms with Crippen LogP contribution >= 0.6 is 31.9 Å². The van der Waals surface area contributed by atoms with Crippen LogP contribution in [0.15, 0.2) is 27.1 Å². The standard InChI is InChI=1S/C14H19Br2NO/c1-4-14(5-2,6-3)17-13(18)11-8-7-10(15)9-12(11)16/h7-9H,4-6H2,1-3H3,(H,17,18). The van der Waals surface area contributed by atoms with E-state index >= 15 is 0 Å². The Morgan fingerprint density at radius 1 is 1.17 bits per heavy atom. The summed E-state index contributed by atoms with van der Waals surface area (Å²) in [6, 6.07) is 5.60. The molecule has 0 saturated heterocycles. The molecule has 1 aromatic carbocycles. The highest BCUT2D eigenvalue weighted by Gasteiger charge is 2.26. The minimum Gasteiger partial charge on any atom is -0.347 e. The van der Waals surface area contributed by atoms with E-state index in [0.717, 1.165) is 28.2 Å². The van der Waals surface area contributed by atoms with Crippen molar-refractivity contribution in [1.29, 1.82) is 0 Å². The van der Waals surface area contributed by atoms with Gasteiger partial charge < -0.3 is 5.32 Å². The lowest BCUT2D eigenvalue weighted by Crippen LogP contribution is -2.47. The number of halogens is 2. The summed E-state index contributed by atoms with van der Waals surface area (Å²) >= 11 is 6.82. The number of rotatable bonds is 5. The maximum Gasteiger partial charge on any atom is 0.252 e. The molecule has 0 bridgehead atoms. The van der Waals surface area contributed by atoms with Crippen LogP contribution in [0.5, 0.6) is 0 Å². The summed E-state index contributed by atoms with van der Waals surface area (Å²) in [5, 5.41) is 3.17. The molecule has 0 unspecified atom stereocenters. The molecule has 0 aliphatic carbocycles. The number of hydrogen-bond acceptors (Lipinski definition) is 1. The van der Waals surface area contributed by atoms with Crippen molar-refractivity contribution in [3.63, 3.8) is 0 Å². The van der Waals surface area contributed by atoms with Crippen molar-refractivity contribution in [1.82, 2.24) is 5.32 Å². The fraction of sp³-hybridized carbons (Fsp3) is 0.500. The summed E-state index contributed by atoms with van der Waals surface area (Å²) in [6.45, 7) is 6.34. The van der Waals surface area contributed by atoms with E-state index in [1.807, 2.05) is 18.2 Å². The SMILES string of the molecule is CCC(CC)(CC)NC(=O)c1ccc(Br)cc1Br. The topological polar surface area (TPSA) is 29.1 Å². The van der Waals surface area contributed by atoms with Gasteiger partial charge in [-0.05, 0) is 53.4 Å². The van der Waals surface area contributed by atoms with Crippen LogP contribution in [-0.4, -0.2) is 11.4 Å². The van der Waals surface area contributed by atoms with Gasteiger partial charge in [0.25, 0.3) is 5.91 Å². The fourth-order valence-corrected chi connectivity index (χ4v) is 3.22. The minimum atomic E-state index is -0.0937. The quantitative estimate of drug-likeness (QED) is 0.776. The third kappa shape index (κ3) is 3.58. The number of nitrogens with one attached hydrogen (secondary N) is 1. The van der Waals surface area contributed by atoms with Gasteiger partial charge in [-0.3, -0.25) is 4.79 Å². The number of carbonyl (C=O) groups excluding carboxylic acids is 1. The fourth-order valence-electron chi connectivity index (χ4n) is 2.00. The van der Waals surface area contributed by atoms with Crippen LogP contribution < -0.4 is 5.32 Å². The molecule has 0 fully saturated rings. The molecule has 2 nitrogen and oxygen atoms in total. The van der Waals surface area contributed by atoms with Crippen molar-refractivity contribution in [3.05, 3.63) is 32.7 Å². The molecule has 1 N–H and O–H groups in total. The van der Waals surface area contributed by atoms with Gasteiger partial charge in [-0.1, -0.05) is 36.7 Å². The van der Waals surface area contributed by atoms with E-state index in [9.17, 15) is 4.79 Å². The van der Waals surface area contributed by atoms with Crippen LogP contribution in [0.4, 0.5) is 0 Å². The maximum atomic E-state index is 12.3. The molecule has 0 aliphatic heterocycles. The molecule has 4 heteroatoms. The summed E-state index contributed by atoms with van der Waals surface area (Å²) in [5.41, 5.74) is 0.585. The first-order valence-electron chi connectivity index (χ1n) is 6.25. The minimum absolute atomic E-state index is 0.0140. The van der Waals surface area contributed by atoms with Gasteiger partial charge in [0.05, 0.1) is 5.56 Å².